The summed E-state index contributed by atoms with van der Waals surface area (Å²) in [4.78, 5) is 0. The third kappa shape index (κ3) is 2.47. The molecule has 0 saturated heterocycles. The molecule has 0 spiro atoms. The smallest absolute Gasteiger partial charge is 0.127 e. The number of halogens is 1. The van der Waals surface area contributed by atoms with E-state index in [2.05, 4.69) is 0 Å². The molecule has 0 radical (unpaired) electrons. The molecule has 0 saturated carbocycles. The van der Waals surface area contributed by atoms with Crippen LogP contribution >= 0.6 is 0 Å². The molecule has 2 atom stereocenters. The lowest BCUT2D eigenvalue weighted by Crippen LogP contribution is -2.19. The van der Waals surface area contributed by atoms with Gasteiger partial charge in [0.25, 0.3) is 0 Å². The number of phenolic OH excluding ortho intramolecular Hbond substituents is 1. The fourth-order valence-electron chi connectivity index (χ4n) is 2.80. The molecule has 3 nitrogen and oxygen atoms in total. The van der Waals surface area contributed by atoms with Crippen LogP contribution in [0.25, 0.3) is 0 Å². The van der Waals surface area contributed by atoms with Gasteiger partial charge in [-0.15, -0.1) is 0 Å². The molecule has 2 aromatic rings. The first kappa shape index (κ1) is 13.9. The first-order chi connectivity index (χ1) is 9.95. The fraction of sp³-hybridized carbons (Fsp3) is 0.294. The molecule has 21 heavy (non-hydrogen) atoms. The summed E-state index contributed by atoms with van der Waals surface area (Å²) in [5, 5.41) is 20.1. The molecule has 0 fully saturated rings. The SMILES string of the molecule is Cc1cc(C2C[C@@H](O)c3cc(F)ccc3O2)cc(C)c1O. The van der Waals surface area contributed by atoms with Gasteiger partial charge >= 0.3 is 0 Å². The zero-order valence-electron chi connectivity index (χ0n) is 11.9. The Morgan fingerprint density at radius 3 is 2.48 bits per heavy atom. The van der Waals surface area contributed by atoms with E-state index in [-0.39, 0.29) is 17.7 Å². The number of benzene rings is 2. The van der Waals surface area contributed by atoms with Crippen LogP contribution < -0.4 is 4.74 Å². The van der Waals surface area contributed by atoms with Crippen LogP contribution in [0, 0.1) is 19.7 Å². The zero-order chi connectivity index (χ0) is 15.1. The van der Waals surface area contributed by atoms with E-state index in [1.807, 2.05) is 26.0 Å². The summed E-state index contributed by atoms with van der Waals surface area (Å²) < 4.78 is 19.1. The second kappa shape index (κ2) is 5.04. The number of hydrogen-bond acceptors (Lipinski definition) is 3. The van der Waals surface area contributed by atoms with Gasteiger partial charge in [-0.2, -0.15) is 0 Å². The molecule has 1 aliphatic heterocycles. The monoisotopic (exact) mass is 288 g/mol. The van der Waals surface area contributed by atoms with Gasteiger partial charge < -0.3 is 14.9 Å². The van der Waals surface area contributed by atoms with Gasteiger partial charge in [0.2, 0.25) is 0 Å². The highest BCUT2D eigenvalue weighted by molar-refractivity contribution is 5.44. The molecular formula is C17H17FO3. The number of aliphatic hydroxyl groups is 1. The summed E-state index contributed by atoms with van der Waals surface area (Å²) in [6.07, 6.45) is -0.708. The first-order valence-electron chi connectivity index (χ1n) is 6.90. The maximum absolute atomic E-state index is 13.2. The van der Waals surface area contributed by atoms with Crippen LogP contribution in [0.4, 0.5) is 4.39 Å². The normalized spacial score (nSPS) is 20.8. The van der Waals surface area contributed by atoms with E-state index >= 15 is 0 Å². The lowest BCUT2D eigenvalue weighted by Gasteiger charge is -2.30. The highest BCUT2D eigenvalue weighted by atomic mass is 19.1. The average molecular weight is 288 g/mol. The maximum atomic E-state index is 13.2. The minimum atomic E-state index is -0.760. The van der Waals surface area contributed by atoms with Gasteiger partial charge in [-0.25, -0.2) is 4.39 Å². The minimum Gasteiger partial charge on any atom is -0.507 e. The van der Waals surface area contributed by atoms with Gasteiger partial charge in [0.05, 0.1) is 6.10 Å². The van der Waals surface area contributed by atoms with Gasteiger partial charge in [-0.1, -0.05) is 0 Å². The van der Waals surface area contributed by atoms with Crippen LogP contribution in [-0.2, 0) is 0 Å². The molecule has 3 rings (SSSR count). The second-order valence-electron chi connectivity index (χ2n) is 5.54. The standard InChI is InChI=1S/C17H17FO3/c1-9-5-11(6-10(2)17(9)20)16-8-14(19)13-7-12(18)3-4-15(13)21-16/h3-7,14,16,19-20H,8H2,1-2H3/t14-,16?/m1/s1. The number of rotatable bonds is 1. The Balaban J connectivity index is 1.98. The summed E-state index contributed by atoms with van der Waals surface area (Å²) in [5.74, 6) is 0.396. The molecule has 1 aliphatic rings. The quantitative estimate of drug-likeness (QED) is 0.841. The zero-order valence-corrected chi connectivity index (χ0v) is 11.9. The average Bonchev–Trinajstić information content (AvgIpc) is 2.44. The predicted octanol–water partition coefficient (Wildman–Crippen LogP) is 3.71. The number of aryl methyl sites for hydroxylation is 2. The van der Waals surface area contributed by atoms with Crippen LogP contribution in [0.3, 0.4) is 0 Å². The molecule has 1 heterocycles. The molecule has 1 unspecified atom stereocenters. The van der Waals surface area contributed by atoms with E-state index in [0.29, 0.717) is 17.7 Å². The largest absolute Gasteiger partial charge is 0.507 e. The third-order valence-electron chi connectivity index (χ3n) is 3.92. The van der Waals surface area contributed by atoms with Crippen molar-refractivity contribution in [1.29, 1.82) is 0 Å². The molecule has 2 aromatic carbocycles. The molecule has 0 bridgehead atoms. The Bertz CT molecular complexity index is 673. The summed E-state index contributed by atoms with van der Waals surface area (Å²) in [6.45, 7) is 3.66. The van der Waals surface area contributed by atoms with E-state index in [0.717, 1.165) is 16.7 Å². The molecule has 4 heteroatoms. The second-order valence-corrected chi connectivity index (χ2v) is 5.54. The summed E-state index contributed by atoms with van der Waals surface area (Å²) in [6, 6.07) is 7.88. The summed E-state index contributed by atoms with van der Waals surface area (Å²) in [5.41, 5.74) is 2.93. The number of aliphatic hydroxyl groups excluding tert-OH is 1. The van der Waals surface area contributed by atoms with E-state index in [1.54, 1.807) is 6.07 Å². The molecule has 0 aliphatic carbocycles. The Kier molecular flexibility index (Phi) is 3.33. The maximum Gasteiger partial charge on any atom is 0.127 e. The number of fused-ring (bicyclic) bond motifs is 1. The van der Waals surface area contributed by atoms with Crippen LogP contribution in [0.15, 0.2) is 30.3 Å². The Hall–Kier alpha value is -2.07. The third-order valence-corrected chi connectivity index (χ3v) is 3.92. The summed E-state index contributed by atoms with van der Waals surface area (Å²) in [7, 11) is 0. The van der Waals surface area contributed by atoms with Gasteiger partial charge in [0.15, 0.2) is 0 Å². The summed E-state index contributed by atoms with van der Waals surface area (Å²) >= 11 is 0. The number of hydrogen-bond donors (Lipinski definition) is 2. The van der Waals surface area contributed by atoms with Crippen molar-refractivity contribution in [2.45, 2.75) is 32.5 Å². The number of phenols is 1. The van der Waals surface area contributed by atoms with Crippen molar-refractivity contribution in [2.24, 2.45) is 0 Å². The van der Waals surface area contributed by atoms with Crippen molar-refractivity contribution in [3.05, 3.63) is 58.4 Å². The van der Waals surface area contributed by atoms with Gasteiger partial charge in [-0.3, -0.25) is 0 Å². The van der Waals surface area contributed by atoms with Gasteiger partial charge in [-0.05, 0) is 60.9 Å². The molecule has 0 amide bonds. The van der Waals surface area contributed by atoms with Crippen molar-refractivity contribution < 1.29 is 19.3 Å². The van der Waals surface area contributed by atoms with E-state index in [4.69, 9.17) is 4.74 Å². The molecule has 2 N–H and O–H groups in total. The van der Waals surface area contributed by atoms with Crippen LogP contribution in [0.5, 0.6) is 11.5 Å². The van der Waals surface area contributed by atoms with Crippen molar-refractivity contribution in [1.82, 2.24) is 0 Å². The van der Waals surface area contributed by atoms with Crippen LogP contribution in [-0.4, -0.2) is 10.2 Å². The van der Waals surface area contributed by atoms with Crippen molar-refractivity contribution in [3.8, 4) is 11.5 Å². The number of aromatic hydroxyl groups is 1. The van der Waals surface area contributed by atoms with Gasteiger partial charge in [0, 0.05) is 12.0 Å². The van der Waals surface area contributed by atoms with Gasteiger partial charge in [0.1, 0.15) is 23.4 Å². The van der Waals surface area contributed by atoms with E-state index in [1.165, 1.54) is 12.1 Å². The van der Waals surface area contributed by atoms with E-state index in [9.17, 15) is 14.6 Å². The number of ether oxygens (including phenoxy) is 1. The topological polar surface area (TPSA) is 49.7 Å². The van der Waals surface area contributed by atoms with Crippen molar-refractivity contribution in [2.75, 3.05) is 0 Å². The fourth-order valence-corrected chi connectivity index (χ4v) is 2.80. The Morgan fingerprint density at radius 2 is 1.81 bits per heavy atom. The lowest BCUT2D eigenvalue weighted by atomic mass is 9.93. The van der Waals surface area contributed by atoms with Crippen molar-refractivity contribution >= 4 is 0 Å². The highest BCUT2D eigenvalue weighted by Crippen LogP contribution is 2.42. The minimum absolute atomic E-state index is 0.276. The lowest BCUT2D eigenvalue weighted by molar-refractivity contribution is 0.0652. The van der Waals surface area contributed by atoms with Crippen LogP contribution in [0.2, 0.25) is 0 Å². The van der Waals surface area contributed by atoms with Crippen LogP contribution in [0.1, 0.15) is 40.9 Å². The molecule has 110 valence electrons. The van der Waals surface area contributed by atoms with E-state index < -0.39 is 6.10 Å². The Morgan fingerprint density at radius 1 is 1.14 bits per heavy atom. The predicted molar refractivity (Wildman–Crippen MR) is 76.9 cm³/mol. The Labute approximate surface area is 122 Å². The van der Waals surface area contributed by atoms with Crippen molar-refractivity contribution in [3.63, 3.8) is 0 Å². The molecule has 0 aromatic heterocycles. The first-order valence-corrected chi connectivity index (χ1v) is 6.90. The molecular weight excluding hydrogens is 271 g/mol. The highest BCUT2D eigenvalue weighted by Gasteiger charge is 2.29.